The standard InChI is InChI=1S/C15H18N2O3/c1-15(11-5-6-11)14(20)17(9-13(19)16-15)8-10-3-2-4-12(18)7-10/h2-4,7,11,18H,5-6,8-9H2,1H3,(H,16,19). The van der Waals surface area contributed by atoms with E-state index in [0.717, 1.165) is 18.4 Å². The third-order valence-corrected chi connectivity index (χ3v) is 4.14. The molecule has 1 aromatic carbocycles. The first-order chi connectivity index (χ1) is 9.49. The number of benzene rings is 1. The van der Waals surface area contributed by atoms with Gasteiger partial charge in [0.05, 0.1) is 6.54 Å². The van der Waals surface area contributed by atoms with Gasteiger partial charge in [0.1, 0.15) is 11.3 Å². The van der Waals surface area contributed by atoms with Gasteiger partial charge in [-0.25, -0.2) is 0 Å². The van der Waals surface area contributed by atoms with Gasteiger partial charge in [0, 0.05) is 6.54 Å². The van der Waals surface area contributed by atoms with E-state index in [1.807, 2.05) is 13.0 Å². The van der Waals surface area contributed by atoms with Crippen molar-refractivity contribution in [1.82, 2.24) is 10.2 Å². The van der Waals surface area contributed by atoms with Crippen molar-refractivity contribution in [3.8, 4) is 5.75 Å². The van der Waals surface area contributed by atoms with Crippen LogP contribution < -0.4 is 5.32 Å². The minimum atomic E-state index is -0.758. The number of amides is 2. The average Bonchev–Trinajstić information content (AvgIpc) is 3.20. The van der Waals surface area contributed by atoms with Crippen molar-refractivity contribution in [1.29, 1.82) is 0 Å². The molecule has 2 N–H and O–H groups in total. The molecule has 0 radical (unpaired) electrons. The summed E-state index contributed by atoms with van der Waals surface area (Å²) in [5.41, 5.74) is 0.0674. The third-order valence-electron chi connectivity index (χ3n) is 4.14. The molecule has 0 spiro atoms. The van der Waals surface area contributed by atoms with Crippen LogP contribution in [-0.2, 0) is 16.1 Å². The summed E-state index contributed by atoms with van der Waals surface area (Å²) >= 11 is 0. The maximum atomic E-state index is 12.6. The number of phenols is 1. The Morgan fingerprint density at radius 1 is 1.40 bits per heavy atom. The van der Waals surface area contributed by atoms with Crippen molar-refractivity contribution >= 4 is 11.8 Å². The minimum Gasteiger partial charge on any atom is -0.508 e. The van der Waals surface area contributed by atoms with Gasteiger partial charge in [-0.2, -0.15) is 0 Å². The van der Waals surface area contributed by atoms with Gasteiger partial charge in [0.2, 0.25) is 11.8 Å². The van der Waals surface area contributed by atoms with Gasteiger partial charge in [-0.1, -0.05) is 12.1 Å². The maximum absolute atomic E-state index is 12.6. The van der Waals surface area contributed by atoms with Crippen molar-refractivity contribution in [3.05, 3.63) is 29.8 Å². The van der Waals surface area contributed by atoms with E-state index in [2.05, 4.69) is 5.32 Å². The Morgan fingerprint density at radius 2 is 2.15 bits per heavy atom. The second-order valence-electron chi connectivity index (χ2n) is 5.86. The van der Waals surface area contributed by atoms with Crippen LogP contribution in [0.2, 0.25) is 0 Å². The van der Waals surface area contributed by atoms with Gasteiger partial charge in [-0.3, -0.25) is 9.59 Å². The minimum absolute atomic E-state index is 0.0251. The first-order valence-electron chi connectivity index (χ1n) is 6.87. The van der Waals surface area contributed by atoms with Gasteiger partial charge >= 0.3 is 0 Å². The Bertz CT molecular complexity index is 568. The zero-order valence-corrected chi connectivity index (χ0v) is 11.4. The van der Waals surface area contributed by atoms with Crippen molar-refractivity contribution < 1.29 is 14.7 Å². The van der Waals surface area contributed by atoms with Crippen LogP contribution in [0.25, 0.3) is 0 Å². The lowest BCUT2D eigenvalue weighted by molar-refractivity contribution is -0.150. The van der Waals surface area contributed by atoms with E-state index in [9.17, 15) is 14.7 Å². The largest absolute Gasteiger partial charge is 0.508 e. The Labute approximate surface area is 117 Å². The Kier molecular flexibility index (Phi) is 2.92. The molecule has 2 aliphatic rings. The van der Waals surface area contributed by atoms with Crippen LogP contribution in [0.4, 0.5) is 0 Å². The first kappa shape index (κ1) is 13.0. The lowest BCUT2D eigenvalue weighted by Crippen LogP contribution is -2.66. The number of hydrogen-bond donors (Lipinski definition) is 2. The highest BCUT2D eigenvalue weighted by Crippen LogP contribution is 2.41. The molecule has 1 aliphatic carbocycles. The molecule has 106 valence electrons. The van der Waals surface area contributed by atoms with Crippen LogP contribution in [0.1, 0.15) is 25.3 Å². The predicted molar refractivity (Wildman–Crippen MR) is 72.8 cm³/mol. The van der Waals surface area contributed by atoms with Gasteiger partial charge < -0.3 is 15.3 Å². The summed E-state index contributed by atoms with van der Waals surface area (Å²) in [6, 6.07) is 6.78. The van der Waals surface area contributed by atoms with Crippen molar-refractivity contribution in [2.45, 2.75) is 31.8 Å². The van der Waals surface area contributed by atoms with Crippen LogP contribution in [-0.4, -0.2) is 33.9 Å². The summed E-state index contributed by atoms with van der Waals surface area (Å²) in [5, 5.41) is 12.3. The molecule has 1 aliphatic heterocycles. The topological polar surface area (TPSA) is 69.6 Å². The zero-order valence-electron chi connectivity index (χ0n) is 11.4. The molecule has 0 bridgehead atoms. The van der Waals surface area contributed by atoms with Crippen molar-refractivity contribution in [3.63, 3.8) is 0 Å². The number of rotatable bonds is 3. The molecule has 2 fully saturated rings. The van der Waals surface area contributed by atoms with Crippen LogP contribution in [0.3, 0.4) is 0 Å². The van der Waals surface area contributed by atoms with Crippen molar-refractivity contribution in [2.75, 3.05) is 6.54 Å². The number of carbonyl (C=O) groups is 2. The molecule has 3 rings (SSSR count). The molecule has 1 saturated heterocycles. The normalized spacial score (nSPS) is 26.6. The highest BCUT2D eigenvalue weighted by Gasteiger charge is 2.52. The van der Waals surface area contributed by atoms with E-state index < -0.39 is 5.54 Å². The van der Waals surface area contributed by atoms with E-state index in [0.29, 0.717) is 6.54 Å². The predicted octanol–water partition coefficient (Wildman–Crippen LogP) is 1.02. The van der Waals surface area contributed by atoms with E-state index in [1.165, 1.54) is 0 Å². The average molecular weight is 274 g/mol. The smallest absolute Gasteiger partial charge is 0.249 e. The van der Waals surface area contributed by atoms with Crippen LogP contribution >= 0.6 is 0 Å². The monoisotopic (exact) mass is 274 g/mol. The van der Waals surface area contributed by atoms with Crippen LogP contribution in [0.15, 0.2) is 24.3 Å². The fraction of sp³-hybridized carbons (Fsp3) is 0.467. The molecule has 1 aromatic rings. The molecule has 1 heterocycles. The SMILES string of the molecule is CC1(C2CC2)NC(=O)CN(Cc2cccc(O)c2)C1=O. The van der Waals surface area contributed by atoms with Gasteiger partial charge in [0.25, 0.3) is 0 Å². The number of piperazine rings is 1. The fourth-order valence-corrected chi connectivity index (χ4v) is 2.90. The molecular formula is C15H18N2O3. The summed E-state index contributed by atoms with van der Waals surface area (Å²) in [6.07, 6.45) is 1.98. The molecule has 1 unspecified atom stereocenters. The van der Waals surface area contributed by atoms with Gasteiger partial charge in [-0.15, -0.1) is 0 Å². The lowest BCUT2D eigenvalue weighted by atomic mass is 9.91. The Morgan fingerprint density at radius 3 is 2.80 bits per heavy atom. The molecule has 5 nitrogen and oxygen atoms in total. The quantitative estimate of drug-likeness (QED) is 0.864. The number of aromatic hydroxyl groups is 1. The highest BCUT2D eigenvalue weighted by molar-refractivity contribution is 5.98. The van der Waals surface area contributed by atoms with Crippen molar-refractivity contribution in [2.24, 2.45) is 5.92 Å². The number of phenolic OH excluding ortho intramolecular Hbond substituents is 1. The van der Waals surface area contributed by atoms with E-state index in [-0.39, 0.29) is 30.0 Å². The van der Waals surface area contributed by atoms with Gasteiger partial charge in [-0.05, 0) is 43.4 Å². The van der Waals surface area contributed by atoms with E-state index in [4.69, 9.17) is 0 Å². The van der Waals surface area contributed by atoms with Crippen LogP contribution in [0, 0.1) is 5.92 Å². The Hall–Kier alpha value is -2.04. The van der Waals surface area contributed by atoms with Gasteiger partial charge in [0.15, 0.2) is 0 Å². The summed E-state index contributed by atoms with van der Waals surface area (Å²) < 4.78 is 0. The number of nitrogens with one attached hydrogen (secondary N) is 1. The number of nitrogens with zero attached hydrogens (tertiary/aromatic N) is 1. The van der Waals surface area contributed by atoms with E-state index in [1.54, 1.807) is 23.1 Å². The molecule has 1 atom stereocenters. The molecular weight excluding hydrogens is 256 g/mol. The lowest BCUT2D eigenvalue weighted by Gasteiger charge is -2.40. The highest BCUT2D eigenvalue weighted by atomic mass is 16.3. The van der Waals surface area contributed by atoms with E-state index >= 15 is 0 Å². The molecule has 0 aromatic heterocycles. The fourth-order valence-electron chi connectivity index (χ4n) is 2.90. The molecule has 2 amide bonds. The van der Waals surface area contributed by atoms with Crippen LogP contribution in [0.5, 0.6) is 5.75 Å². The second kappa shape index (κ2) is 4.51. The molecule has 20 heavy (non-hydrogen) atoms. The number of carbonyl (C=O) groups excluding carboxylic acids is 2. The molecule has 1 saturated carbocycles. The summed E-state index contributed by atoms with van der Waals surface area (Å²) in [5.74, 6) is 0.286. The molecule has 5 heteroatoms. The zero-order chi connectivity index (χ0) is 14.3. The second-order valence-corrected chi connectivity index (χ2v) is 5.86. The number of hydrogen-bond acceptors (Lipinski definition) is 3. The maximum Gasteiger partial charge on any atom is 0.249 e. The summed E-state index contributed by atoms with van der Waals surface area (Å²) in [4.78, 5) is 26.1. The first-order valence-corrected chi connectivity index (χ1v) is 6.87. The Balaban J connectivity index is 1.81. The summed E-state index contributed by atoms with van der Waals surface area (Å²) in [6.45, 7) is 2.25. The summed E-state index contributed by atoms with van der Waals surface area (Å²) in [7, 11) is 0. The third kappa shape index (κ3) is 2.24.